The Labute approximate surface area is 157 Å². The first-order valence-electron chi connectivity index (χ1n) is 8.54. The maximum absolute atomic E-state index is 5.63. The Morgan fingerprint density at radius 3 is 2.44 bits per heavy atom. The summed E-state index contributed by atoms with van der Waals surface area (Å²) in [6, 6.07) is 18.8. The minimum Gasteiger partial charge on any atom is -0.370 e. The van der Waals surface area contributed by atoms with Crippen LogP contribution in [0.15, 0.2) is 63.6 Å². The molecule has 25 heavy (non-hydrogen) atoms. The molecule has 0 radical (unpaired) electrons. The molecule has 4 heteroatoms. The van der Waals surface area contributed by atoms with E-state index in [9.17, 15) is 0 Å². The van der Waals surface area contributed by atoms with Gasteiger partial charge in [-0.15, -0.1) is 0 Å². The molecule has 0 fully saturated rings. The van der Waals surface area contributed by atoms with E-state index in [4.69, 9.17) is 4.52 Å². The summed E-state index contributed by atoms with van der Waals surface area (Å²) in [7, 11) is 2.11. The fraction of sp³-hybridized carbons (Fsp3) is 0.286. The van der Waals surface area contributed by atoms with Crippen molar-refractivity contribution in [3.8, 4) is 11.3 Å². The first-order chi connectivity index (χ1) is 12.1. The molecule has 3 aromatic rings. The SMILES string of the molecule is Cc1noc(-c2ccc(Br)cc2)c1N(C)CCC(C)c1ccccc1. The average molecular weight is 399 g/mol. The second kappa shape index (κ2) is 7.87. The Morgan fingerprint density at radius 1 is 1.08 bits per heavy atom. The van der Waals surface area contributed by atoms with Gasteiger partial charge >= 0.3 is 0 Å². The molecule has 3 rings (SSSR count). The van der Waals surface area contributed by atoms with E-state index >= 15 is 0 Å². The van der Waals surface area contributed by atoms with Crippen molar-refractivity contribution in [3.05, 3.63) is 70.3 Å². The van der Waals surface area contributed by atoms with Gasteiger partial charge in [0, 0.05) is 23.6 Å². The van der Waals surface area contributed by atoms with Crippen LogP contribution in [0.4, 0.5) is 5.69 Å². The highest BCUT2D eigenvalue weighted by molar-refractivity contribution is 9.10. The predicted molar refractivity (Wildman–Crippen MR) is 107 cm³/mol. The minimum atomic E-state index is 0.514. The Morgan fingerprint density at radius 2 is 1.76 bits per heavy atom. The van der Waals surface area contributed by atoms with Crippen molar-refractivity contribution in [2.45, 2.75) is 26.2 Å². The lowest BCUT2D eigenvalue weighted by Crippen LogP contribution is -2.21. The minimum absolute atomic E-state index is 0.514. The van der Waals surface area contributed by atoms with Gasteiger partial charge in [-0.1, -0.05) is 58.3 Å². The summed E-state index contributed by atoms with van der Waals surface area (Å²) in [4.78, 5) is 2.25. The van der Waals surface area contributed by atoms with E-state index in [1.54, 1.807) is 0 Å². The van der Waals surface area contributed by atoms with E-state index < -0.39 is 0 Å². The number of aromatic nitrogens is 1. The molecule has 0 aliphatic rings. The van der Waals surface area contributed by atoms with Crippen LogP contribution in [-0.2, 0) is 0 Å². The average Bonchev–Trinajstić information content (AvgIpc) is 3.02. The zero-order chi connectivity index (χ0) is 17.8. The lowest BCUT2D eigenvalue weighted by atomic mass is 9.97. The van der Waals surface area contributed by atoms with Gasteiger partial charge in [0.2, 0.25) is 0 Å². The number of halogens is 1. The van der Waals surface area contributed by atoms with Crippen molar-refractivity contribution in [1.29, 1.82) is 0 Å². The summed E-state index contributed by atoms with van der Waals surface area (Å²) >= 11 is 3.48. The quantitative estimate of drug-likeness (QED) is 0.506. The number of anilines is 1. The van der Waals surface area contributed by atoms with E-state index in [1.807, 2.05) is 31.2 Å². The standard InChI is InChI=1S/C21H23BrN2O/c1-15(17-7-5-4-6-8-17)13-14-24(3)20-16(2)23-25-21(20)18-9-11-19(22)12-10-18/h4-12,15H,13-14H2,1-3H3. The Bertz CT molecular complexity index is 812. The monoisotopic (exact) mass is 398 g/mol. The molecule has 1 unspecified atom stereocenters. The molecule has 1 heterocycles. The molecule has 0 bridgehead atoms. The molecule has 0 amide bonds. The van der Waals surface area contributed by atoms with Crippen molar-refractivity contribution < 1.29 is 4.52 Å². The van der Waals surface area contributed by atoms with Gasteiger partial charge in [0.05, 0.1) is 0 Å². The largest absolute Gasteiger partial charge is 0.370 e. The van der Waals surface area contributed by atoms with Crippen molar-refractivity contribution in [3.63, 3.8) is 0 Å². The first-order valence-corrected chi connectivity index (χ1v) is 9.34. The Hall–Kier alpha value is -2.07. The van der Waals surface area contributed by atoms with Gasteiger partial charge in [-0.3, -0.25) is 0 Å². The predicted octanol–water partition coefficient (Wildman–Crippen LogP) is 6.04. The molecule has 3 nitrogen and oxygen atoms in total. The van der Waals surface area contributed by atoms with Gasteiger partial charge in [-0.2, -0.15) is 0 Å². The van der Waals surface area contributed by atoms with E-state index in [0.717, 1.165) is 40.1 Å². The zero-order valence-electron chi connectivity index (χ0n) is 14.9. The Kier molecular flexibility index (Phi) is 5.59. The number of hydrogen-bond acceptors (Lipinski definition) is 3. The second-order valence-corrected chi connectivity index (χ2v) is 7.39. The van der Waals surface area contributed by atoms with Gasteiger partial charge in [0.25, 0.3) is 0 Å². The molecule has 2 aromatic carbocycles. The van der Waals surface area contributed by atoms with Gasteiger partial charge in [-0.05, 0) is 49.1 Å². The maximum Gasteiger partial charge on any atom is 0.190 e. The molecule has 0 saturated heterocycles. The van der Waals surface area contributed by atoms with E-state index in [0.29, 0.717) is 5.92 Å². The molecule has 0 saturated carbocycles. The molecule has 130 valence electrons. The summed E-state index contributed by atoms with van der Waals surface area (Å²) in [6.45, 7) is 5.22. The van der Waals surface area contributed by atoms with Crippen LogP contribution in [0.25, 0.3) is 11.3 Å². The zero-order valence-corrected chi connectivity index (χ0v) is 16.5. The van der Waals surface area contributed by atoms with E-state index in [-0.39, 0.29) is 0 Å². The van der Waals surface area contributed by atoms with Gasteiger partial charge < -0.3 is 9.42 Å². The summed E-state index contributed by atoms with van der Waals surface area (Å²) in [5.74, 6) is 1.35. The highest BCUT2D eigenvalue weighted by Crippen LogP contribution is 2.34. The first kappa shape index (κ1) is 17.7. The lowest BCUT2D eigenvalue weighted by Gasteiger charge is -2.21. The molecule has 0 spiro atoms. The van der Waals surface area contributed by atoms with Crippen LogP contribution >= 0.6 is 15.9 Å². The third-order valence-electron chi connectivity index (χ3n) is 4.59. The highest BCUT2D eigenvalue weighted by Gasteiger charge is 2.19. The molecular weight excluding hydrogens is 376 g/mol. The van der Waals surface area contributed by atoms with E-state index in [1.165, 1.54) is 5.56 Å². The fourth-order valence-corrected chi connectivity index (χ4v) is 3.32. The van der Waals surface area contributed by atoms with Crippen molar-refractivity contribution in [1.82, 2.24) is 5.16 Å². The number of hydrogen-bond donors (Lipinski definition) is 0. The number of nitrogens with zero attached hydrogens (tertiary/aromatic N) is 2. The number of aryl methyl sites for hydroxylation is 1. The van der Waals surface area contributed by atoms with Crippen LogP contribution in [-0.4, -0.2) is 18.7 Å². The van der Waals surface area contributed by atoms with Crippen LogP contribution in [0, 0.1) is 6.92 Å². The summed E-state index contributed by atoms with van der Waals surface area (Å²) in [6.07, 6.45) is 1.07. The van der Waals surface area contributed by atoms with Crippen molar-refractivity contribution in [2.24, 2.45) is 0 Å². The van der Waals surface area contributed by atoms with E-state index in [2.05, 4.69) is 70.3 Å². The van der Waals surface area contributed by atoms with Gasteiger partial charge in [0.15, 0.2) is 5.76 Å². The molecule has 0 aliphatic carbocycles. The molecular formula is C21H23BrN2O. The highest BCUT2D eigenvalue weighted by atomic mass is 79.9. The van der Waals surface area contributed by atoms with Crippen LogP contribution in [0.2, 0.25) is 0 Å². The summed E-state index contributed by atoms with van der Waals surface area (Å²) < 4.78 is 6.68. The molecule has 1 aromatic heterocycles. The van der Waals surface area contributed by atoms with Gasteiger partial charge in [-0.25, -0.2) is 0 Å². The van der Waals surface area contributed by atoms with Crippen molar-refractivity contribution in [2.75, 3.05) is 18.5 Å². The second-order valence-electron chi connectivity index (χ2n) is 6.47. The number of rotatable bonds is 6. The topological polar surface area (TPSA) is 29.3 Å². The summed E-state index contributed by atoms with van der Waals surface area (Å²) in [5, 5.41) is 4.19. The molecule has 0 aliphatic heterocycles. The maximum atomic E-state index is 5.63. The van der Waals surface area contributed by atoms with Crippen LogP contribution in [0.3, 0.4) is 0 Å². The Balaban J connectivity index is 1.75. The molecule has 0 N–H and O–H groups in total. The fourth-order valence-electron chi connectivity index (χ4n) is 3.05. The van der Waals surface area contributed by atoms with Crippen LogP contribution < -0.4 is 4.90 Å². The number of benzene rings is 2. The molecule has 1 atom stereocenters. The van der Waals surface area contributed by atoms with Gasteiger partial charge in [0.1, 0.15) is 11.4 Å². The normalized spacial score (nSPS) is 12.2. The summed E-state index contributed by atoms with van der Waals surface area (Å²) in [5.41, 5.74) is 4.42. The van der Waals surface area contributed by atoms with Crippen LogP contribution in [0.1, 0.15) is 30.5 Å². The third-order valence-corrected chi connectivity index (χ3v) is 5.11. The smallest absolute Gasteiger partial charge is 0.190 e. The van der Waals surface area contributed by atoms with Crippen molar-refractivity contribution >= 4 is 21.6 Å². The van der Waals surface area contributed by atoms with Crippen LogP contribution in [0.5, 0.6) is 0 Å². The third kappa shape index (κ3) is 4.13. The lowest BCUT2D eigenvalue weighted by molar-refractivity contribution is 0.427.